The van der Waals surface area contributed by atoms with Gasteiger partial charge in [0, 0.05) is 81.4 Å². The first-order valence-electron chi connectivity index (χ1n) is 13.3. The van der Waals surface area contributed by atoms with Crippen LogP contribution in [0, 0.1) is 5.82 Å². The van der Waals surface area contributed by atoms with E-state index in [1.54, 1.807) is 24.5 Å². The minimum absolute atomic E-state index is 0.155. The van der Waals surface area contributed by atoms with Crippen LogP contribution in [0.15, 0.2) is 30.9 Å². The van der Waals surface area contributed by atoms with Gasteiger partial charge in [-0.2, -0.15) is 0 Å². The third kappa shape index (κ3) is 5.85. The smallest absolute Gasteiger partial charge is 0.225 e. The molecule has 0 radical (unpaired) electrons. The van der Waals surface area contributed by atoms with Crippen LogP contribution in [0.4, 0.5) is 33.2 Å². The van der Waals surface area contributed by atoms with Crippen LogP contribution in [0.3, 0.4) is 0 Å². The Balaban J connectivity index is 1.46. The fourth-order valence-electron chi connectivity index (χ4n) is 5.08. The molecule has 4 heterocycles. The van der Waals surface area contributed by atoms with Crippen molar-refractivity contribution in [1.82, 2.24) is 29.7 Å². The summed E-state index contributed by atoms with van der Waals surface area (Å²) in [7, 11) is 2.10. The highest BCUT2D eigenvalue weighted by molar-refractivity contribution is 6.32. The predicted molar refractivity (Wildman–Crippen MR) is 155 cm³/mol. The summed E-state index contributed by atoms with van der Waals surface area (Å²) in [4.78, 5) is 26.5. The lowest BCUT2D eigenvalue weighted by Gasteiger charge is -2.39. The van der Waals surface area contributed by atoms with Crippen LogP contribution >= 0.6 is 11.6 Å². The zero-order valence-electron chi connectivity index (χ0n) is 22.9. The second-order valence-electron chi connectivity index (χ2n) is 10.6. The summed E-state index contributed by atoms with van der Waals surface area (Å²) in [5.74, 6) is 0.674. The molecule has 2 aliphatic rings. The molecule has 0 spiro atoms. The Morgan fingerprint density at radius 1 is 1.00 bits per heavy atom. The number of hydrogen-bond donors (Lipinski definition) is 2. The summed E-state index contributed by atoms with van der Waals surface area (Å²) < 4.78 is 15.7. The van der Waals surface area contributed by atoms with Crippen molar-refractivity contribution in [1.29, 1.82) is 0 Å². The van der Waals surface area contributed by atoms with Gasteiger partial charge in [-0.25, -0.2) is 24.3 Å². The Morgan fingerprint density at radius 2 is 1.69 bits per heavy atom. The summed E-state index contributed by atoms with van der Waals surface area (Å²) in [5.41, 5.74) is 8.75. The molecule has 0 saturated carbocycles. The number of likely N-dealkylation sites (N-methyl/N-ethyl adjacent to an activating group) is 1. The van der Waals surface area contributed by atoms with E-state index < -0.39 is 0 Å². The Bertz CT molecular complexity index is 1300. The topological polar surface area (TPSA) is 103 Å². The Hall–Kier alpha value is -3.28. The van der Waals surface area contributed by atoms with Crippen molar-refractivity contribution in [3.8, 4) is 11.1 Å². The van der Waals surface area contributed by atoms with Gasteiger partial charge >= 0.3 is 0 Å². The standard InChI is InChI=1S/C27H36ClFN10/c1-17(2)37-7-9-38(10-8-37)27-31-13-19(14-32-27)20-11-22(35-26-24(30)25(28)33-16-34-26)23(12-21(20)29)39-6-5-36(4)18(3)15-39/h11-14,16-18H,5-10,15,30H2,1-4H3,(H,33,34,35)/t18-/m0/s1. The van der Waals surface area contributed by atoms with E-state index in [-0.39, 0.29) is 16.7 Å². The zero-order valence-corrected chi connectivity index (χ0v) is 23.7. The van der Waals surface area contributed by atoms with Crippen molar-refractivity contribution in [3.63, 3.8) is 0 Å². The lowest BCUT2D eigenvalue weighted by atomic mass is 10.0. The lowest BCUT2D eigenvalue weighted by Crippen LogP contribution is -2.50. The van der Waals surface area contributed by atoms with Crippen LogP contribution in [0.5, 0.6) is 0 Å². The number of nitrogens with one attached hydrogen (secondary N) is 1. The van der Waals surface area contributed by atoms with Crippen LogP contribution in [-0.2, 0) is 0 Å². The van der Waals surface area contributed by atoms with Gasteiger partial charge in [-0.15, -0.1) is 0 Å². The second-order valence-corrected chi connectivity index (χ2v) is 10.9. The van der Waals surface area contributed by atoms with Gasteiger partial charge in [-0.05, 0) is 40.0 Å². The highest BCUT2D eigenvalue weighted by Crippen LogP contribution is 2.38. The minimum atomic E-state index is -0.349. The molecule has 1 atom stereocenters. The van der Waals surface area contributed by atoms with Gasteiger partial charge in [0.25, 0.3) is 0 Å². The van der Waals surface area contributed by atoms with Gasteiger partial charge in [0.15, 0.2) is 11.0 Å². The fraction of sp³-hybridized carbons (Fsp3) is 0.481. The molecule has 1 aromatic carbocycles. The van der Waals surface area contributed by atoms with E-state index in [0.29, 0.717) is 40.7 Å². The van der Waals surface area contributed by atoms with Crippen LogP contribution < -0.4 is 20.9 Å². The quantitative estimate of drug-likeness (QED) is 0.438. The van der Waals surface area contributed by atoms with E-state index in [1.165, 1.54) is 6.33 Å². The van der Waals surface area contributed by atoms with Crippen molar-refractivity contribution in [2.45, 2.75) is 32.9 Å². The third-order valence-electron chi connectivity index (χ3n) is 7.75. The first-order chi connectivity index (χ1) is 18.7. The fourth-order valence-corrected chi connectivity index (χ4v) is 5.21. The normalized spacial score (nSPS) is 19.1. The maximum Gasteiger partial charge on any atom is 0.225 e. The zero-order chi connectivity index (χ0) is 27.7. The number of nitrogens with two attached hydrogens (primary N) is 1. The Labute approximate surface area is 234 Å². The summed E-state index contributed by atoms with van der Waals surface area (Å²) in [5, 5.41) is 3.44. The first kappa shape index (κ1) is 27.3. The molecule has 10 nitrogen and oxygen atoms in total. The van der Waals surface area contributed by atoms with Crippen LogP contribution in [0.25, 0.3) is 11.1 Å². The van der Waals surface area contributed by atoms with Gasteiger partial charge in [0.05, 0.1) is 11.4 Å². The molecule has 39 heavy (non-hydrogen) atoms. The number of halogens is 2. The van der Waals surface area contributed by atoms with Crippen molar-refractivity contribution in [2.75, 3.05) is 73.7 Å². The van der Waals surface area contributed by atoms with E-state index >= 15 is 4.39 Å². The monoisotopic (exact) mass is 554 g/mol. The lowest BCUT2D eigenvalue weighted by molar-refractivity contribution is 0.208. The molecule has 2 aliphatic heterocycles. The molecule has 3 aromatic rings. The van der Waals surface area contributed by atoms with E-state index in [1.807, 2.05) is 0 Å². The van der Waals surface area contributed by atoms with Gasteiger partial charge in [-0.3, -0.25) is 4.90 Å². The summed E-state index contributed by atoms with van der Waals surface area (Å²) in [6, 6.07) is 4.17. The SMILES string of the molecule is CC(C)N1CCN(c2ncc(-c3cc(Nc4ncnc(Cl)c4N)c(N4CCN(C)[C@@H](C)C4)cc3F)cn2)CC1. The molecular weight excluding hydrogens is 519 g/mol. The van der Waals surface area contributed by atoms with Crippen molar-refractivity contribution < 1.29 is 4.39 Å². The number of aromatic nitrogens is 4. The van der Waals surface area contributed by atoms with E-state index in [4.69, 9.17) is 17.3 Å². The molecular formula is C27H36ClFN10. The number of piperazine rings is 2. The number of nitrogen functional groups attached to an aromatic ring is 1. The van der Waals surface area contributed by atoms with Gasteiger partial charge in [0.1, 0.15) is 17.8 Å². The van der Waals surface area contributed by atoms with Gasteiger partial charge < -0.3 is 25.8 Å². The molecule has 3 N–H and O–H groups in total. The van der Waals surface area contributed by atoms with Crippen LogP contribution in [0.2, 0.25) is 5.15 Å². The molecule has 0 unspecified atom stereocenters. The van der Waals surface area contributed by atoms with Crippen LogP contribution in [-0.4, -0.2) is 94.7 Å². The molecule has 2 aromatic heterocycles. The predicted octanol–water partition coefficient (Wildman–Crippen LogP) is 3.72. The molecule has 0 aliphatic carbocycles. The third-order valence-corrected chi connectivity index (χ3v) is 8.05. The number of rotatable bonds is 6. The van der Waals surface area contributed by atoms with Crippen LogP contribution in [0.1, 0.15) is 20.8 Å². The average molecular weight is 555 g/mol. The molecule has 0 bridgehead atoms. The number of hydrogen-bond acceptors (Lipinski definition) is 10. The molecule has 208 valence electrons. The van der Waals surface area contributed by atoms with Crippen molar-refractivity contribution >= 4 is 40.4 Å². The summed E-state index contributed by atoms with van der Waals surface area (Å²) in [6.45, 7) is 12.6. The second kappa shape index (κ2) is 11.4. The van der Waals surface area contributed by atoms with Crippen molar-refractivity contribution in [3.05, 3.63) is 41.8 Å². The Kier molecular flexibility index (Phi) is 8.01. The van der Waals surface area contributed by atoms with E-state index in [2.05, 4.69) is 72.7 Å². The highest BCUT2D eigenvalue weighted by atomic mass is 35.5. The van der Waals surface area contributed by atoms with E-state index in [0.717, 1.165) is 51.5 Å². The molecule has 2 fully saturated rings. The average Bonchev–Trinajstić information content (AvgIpc) is 2.93. The van der Waals surface area contributed by atoms with Crippen molar-refractivity contribution in [2.24, 2.45) is 0 Å². The maximum atomic E-state index is 15.7. The Morgan fingerprint density at radius 3 is 2.36 bits per heavy atom. The minimum Gasteiger partial charge on any atom is -0.393 e. The largest absolute Gasteiger partial charge is 0.393 e. The number of benzene rings is 1. The summed E-state index contributed by atoms with van der Waals surface area (Å²) in [6.07, 6.45) is 4.72. The molecule has 5 rings (SSSR count). The maximum absolute atomic E-state index is 15.7. The first-order valence-corrected chi connectivity index (χ1v) is 13.7. The molecule has 12 heteroatoms. The summed E-state index contributed by atoms with van der Waals surface area (Å²) >= 11 is 6.14. The number of anilines is 5. The highest BCUT2D eigenvalue weighted by Gasteiger charge is 2.25. The number of nitrogens with zero attached hydrogens (tertiary/aromatic N) is 8. The van der Waals surface area contributed by atoms with Gasteiger partial charge in [-0.1, -0.05) is 11.6 Å². The molecule has 2 saturated heterocycles. The van der Waals surface area contributed by atoms with Gasteiger partial charge in [0.2, 0.25) is 5.95 Å². The van der Waals surface area contributed by atoms with E-state index in [9.17, 15) is 0 Å². The molecule has 0 amide bonds.